The van der Waals surface area contributed by atoms with Crippen LogP contribution in [0, 0.1) is 0 Å². The summed E-state index contributed by atoms with van der Waals surface area (Å²) in [6.45, 7) is 8.12. The second kappa shape index (κ2) is 8.72. The van der Waals surface area contributed by atoms with Crippen LogP contribution in [0.2, 0.25) is 0 Å². The molecule has 0 unspecified atom stereocenters. The first-order valence-electron chi connectivity index (χ1n) is 9.55. The largest absolute Gasteiger partial charge is 0.476 e. The fraction of sp³-hybridized carbons (Fsp3) is 0.526. The van der Waals surface area contributed by atoms with Crippen molar-refractivity contribution >= 4 is 49.8 Å². The van der Waals surface area contributed by atoms with E-state index in [2.05, 4.69) is 43.2 Å². The van der Waals surface area contributed by atoms with Crippen LogP contribution in [0.15, 0.2) is 22.5 Å². The molecule has 2 aromatic rings. The Kier molecular flexibility index (Phi) is 6.63. The highest BCUT2D eigenvalue weighted by Crippen LogP contribution is 2.38. The summed E-state index contributed by atoms with van der Waals surface area (Å²) in [4.78, 5) is 12.8. The Morgan fingerprint density at radius 2 is 2.10 bits per heavy atom. The molecule has 11 heteroatoms. The first-order valence-corrected chi connectivity index (χ1v) is 13.2. The molecule has 0 spiro atoms. The van der Waals surface area contributed by atoms with Crippen LogP contribution in [0.3, 0.4) is 0 Å². The van der Waals surface area contributed by atoms with Gasteiger partial charge in [-0.15, -0.1) is 10.2 Å². The zero-order valence-corrected chi connectivity index (χ0v) is 20.1. The zero-order valence-electron chi connectivity index (χ0n) is 17.6. The van der Waals surface area contributed by atoms with Crippen molar-refractivity contribution in [3.8, 4) is 5.75 Å². The van der Waals surface area contributed by atoms with Crippen molar-refractivity contribution in [2.75, 3.05) is 28.2 Å². The summed E-state index contributed by atoms with van der Waals surface area (Å²) in [6.07, 6.45) is 1.14. The van der Waals surface area contributed by atoms with Crippen LogP contribution in [-0.4, -0.2) is 49.2 Å². The molecule has 1 aromatic carbocycles. The number of ether oxygens (including phenoxy) is 1. The molecule has 164 valence electrons. The van der Waals surface area contributed by atoms with Gasteiger partial charge in [0.1, 0.15) is 5.75 Å². The summed E-state index contributed by atoms with van der Waals surface area (Å²) in [7, 11) is -3.60. The van der Waals surface area contributed by atoms with Gasteiger partial charge < -0.3 is 4.74 Å². The van der Waals surface area contributed by atoms with Gasteiger partial charge in [-0.2, -0.15) is 0 Å². The molecule has 0 fully saturated rings. The molecule has 0 bridgehead atoms. The van der Waals surface area contributed by atoms with Crippen molar-refractivity contribution in [3.05, 3.63) is 23.8 Å². The van der Waals surface area contributed by atoms with E-state index in [4.69, 9.17) is 4.74 Å². The van der Waals surface area contributed by atoms with Gasteiger partial charge in [0.25, 0.3) is 5.91 Å². The topological polar surface area (TPSA) is 101 Å². The van der Waals surface area contributed by atoms with Gasteiger partial charge in [0.2, 0.25) is 15.2 Å². The number of fused-ring (bicyclic) bond motifs is 1. The van der Waals surface area contributed by atoms with Crippen molar-refractivity contribution in [1.82, 2.24) is 10.2 Å². The van der Waals surface area contributed by atoms with Crippen molar-refractivity contribution in [2.45, 2.75) is 50.0 Å². The SMILES string of the molecule is CCCSc1nnc(NC(=O)[C@@H]2CN(S(C)(=O)=O)c3cc(C(C)(C)C)ccc3O2)s1. The monoisotopic (exact) mass is 470 g/mol. The molecule has 8 nitrogen and oxygen atoms in total. The van der Waals surface area contributed by atoms with Crippen LogP contribution in [0.1, 0.15) is 39.7 Å². The molecule has 3 rings (SSSR count). The fourth-order valence-electron chi connectivity index (χ4n) is 2.86. The maximum absolute atomic E-state index is 12.8. The van der Waals surface area contributed by atoms with Gasteiger partial charge in [0.15, 0.2) is 10.4 Å². The molecule has 1 aliphatic rings. The van der Waals surface area contributed by atoms with E-state index in [1.165, 1.54) is 15.6 Å². The molecular weight excluding hydrogens is 444 g/mol. The molecule has 0 saturated carbocycles. The van der Waals surface area contributed by atoms with Crippen LogP contribution in [0.25, 0.3) is 0 Å². The van der Waals surface area contributed by atoms with Crippen molar-refractivity contribution < 1.29 is 17.9 Å². The lowest BCUT2D eigenvalue weighted by atomic mass is 9.86. The molecule has 1 aromatic heterocycles. The number of carbonyl (C=O) groups is 1. The number of carbonyl (C=O) groups excluding carboxylic acids is 1. The van der Waals surface area contributed by atoms with Gasteiger partial charge >= 0.3 is 0 Å². The Labute approximate surface area is 185 Å². The molecule has 0 radical (unpaired) electrons. The summed E-state index contributed by atoms with van der Waals surface area (Å²) < 4.78 is 32.8. The van der Waals surface area contributed by atoms with Crippen LogP contribution in [-0.2, 0) is 20.2 Å². The van der Waals surface area contributed by atoms with Crippen molar-refractivity contribution in [2.24, 2.45) is 0 Å². The second-order valence-electron chi connectivity index (χ2n) is 8.04. The number of nitrogens with one attached hydrogen (secondary N) is 1. The first kappa shape index (κ1) is 22.8. The van der Waals surface area contributed by atoms with E-state index in [-0.39, 0.29) is 12.0 Å². The Bertz CT molecular complexity index is 1030. The third-order valence-corrected chi connectivity index (χ3v) is 7.78. The van der Waals surface area contributed by atoms with Crippen molar-refractivity contribution in [3.63, 3.8) is 0 Å². The molecule has 2 heterocycles. The average Bonchev–Trinajstić information content (AvgIpc) is 3.10. The number of amides is 1. The minimum Gasteiger partial charge on any atom is -0.476 e. The smallest absolute Gasteiger partial charge is 0.269 e. The van der Waals surface area contributed by atoms with Gasteiger partial charge in [-0.25, -0.2) is 8.42 Å². The highest BCUT2D eigenvalue weighted by atomic mass is 32.2. The lowest BCUT2D eigenvalue weighted by Crippen LogP contribution is -2.48. The average molecular weight is 471 g/mol. The molecule has 1 N–H and O–H groups in total. The number of nitrogens with zero attached hydrogens (tertiary/aromatic N) is 3. The number of hydrogen-bond donors (Lipinski definition) is 1. The van der Waals surface area contributed by atoms with E-state index < -0.39 is 22.0 Å². The van der Waals surface area contributed by atoms with Crippen molar-refractivity contribution in [1.29, 1.82) is 0 Å². The lowest BCUT2D eigenvalue weighted by molar-refractivity contribution is -0.122. The van der Waals surface area contributed by atoms with Crippen LogP contribution < -0.4 is 14.4 Å². The molecule has 0 saturated heterocycles. The standard InChI is InChI=1S/C19H26N4O4S3/c1-6-9-28-18-22-21-17(29-18)20-16(24)15-11-23(30(5,25)26)13-10-12(19(2,3)4)7-8-14(13)27-15/h7-8,10,15H,6,9,11H2,1-5H3,(H,20,21,24)/t15-/m0/s1. The number of thioether (sulfide) groups is 1. The Balaban J connectivity index is 1.83. The summed E-state index contributed by atoms with van der Waals surface area (Å²) in [5, 5.41) is 11.1. The molecule has 1 amide bonds. The Morgan fingerprint density at radius 1 is 1.37 bits per heavy atom. The third kappa shape index (κ3) is 5.25. The number of benzene rings is 1. The molecule has 1 aliphatic heterocycles. The van der Waals surface area contributed by atoms with E-state index in [0.717, 1.165) is 28.3 Å². The predicted octanol–water partition coefficient (Wildman–Crippen LogP) is 3.50. The third-order valence-electron chi connectivity index (χ3n) is 4.45. The van der Waals surface area contributed by atoms with E-state index in [9.17, 15) is 13.2 Å². The van der Waals surface area contributed by atoms with Gasteiger partial charge in [0.05, 0.1) is 18.5 Å². The minimum atomic E-state index is -3.60. The van der Waals surface area contributed by atoms with E-state index in [0.29, 0.717) is 16.6 Å². The normalized spacial score (nSPS) is 16.7. The van der Waals surface area contributed by atoms with E-state index in [1.54, 1.807) is 17.8 Å². The highest BCUT2D eigenvalue weighted by molar-refractivity contribution is 8.01. The number of sulfonamides is 1. The number of hydrogen-bond acceptors (Lipinski definition) is 8. The first-order chi connectivity index (χ1) is 14.0. The summed E-state index contributed by atoms with van der Waals surface area (Å²) >= 11 is 2.86. The highest BCUT2D eigenvalue weighted by Gasteiger charge is 2.36. The van der Waals surface area contributed by atoms with Gasteiger partial charge in [-0.05, 0) is 29.5 Å². The Hall–Kier alpha value is -1.85. The van der Waals surface area contributed by atoms with Gasteiger partial charge in [-0.1, -0.05) is 56.9 Å². The maximum atomic E-state index is 12.8. The van der Waals surface area contributed by atoms with Gasteiger partial charge in [0, 0.05) is 5.75 Å². The quantitative estimate of drug-likeness (QED) is 0.509. The molecule has 0 aliphatic carbocycles. The summed E-state index contributed by atoms with van der Waals surface area (Å²) in [5.41, 5.74) is 1.27. The lowest BCUT2D eigenvalue weighted by Gasteiger charge is -2.35. The summed E-state index contributed by atoms with van der Waals surface area (Å²) in [5.74, 6) is 0.819. The molecular formula is C19H26N4O4S3. The molecule has 30 heavy (non-hydrogen) atoms. The van der Waals surface area contributed by atoms with Gasteiger partial charge in [-0.3, -0.25) is 14.4 Å². The second-order valence-corrected chi connectivity index (χ2v) is 12.3. The Morgan fingerprint density at radius 3 is 2.73 bits per heavy atom. The number of rotatable bonds is 6. The summed E-state index contributed by atoms with van der Waals surface area (Å²) in [6, 6.07) is 5.42. The van der Waals surface area contributed by atoms with Crippen LogP contribution >= 0.6 is 23.1 Å². The van der Waals surface area contributed by atoms with E-state index in [1.807, 2.05) is 12.1 Å². The minimum absolute atomic E-state index is 0.110. The van der Waals surface area contributed by atoms with Crippen LogP contribution in [0.5, 0.6) is 5.75 Å². The molecule has 1 atom stereocenters. The van der Waals surface area contributed by atoms with E-state index >= 15 is 0 Å². The predicted molar refractivity (Wildman–Crippen MR) is 121 cm³/mol. The zero-order chi connectivity index (χ0) is 22.1. The number of anilines is 2. The maximum Gasteiger partial charge on any atom is 0.269 e. The van der Waals surface area contributed by atoms with Crippen LogP contribution in [0.4, 0.5) is 10.8 Å². The number of aromatic nitrogens is 2. The fourth-order valence-corrected chi connectivity index (χ4v) is 5.45.